The monoisotopic (exact) mass is 340 g/mol. The van der Waals surface area contributed by atoms with Crippen LogP contribution < -0.4 is 11.1 Å². The molecule has 8 nitrogen and oxygen atoms in total. The summed E-state index contributed by atoms with van der Waals surface area (Å²) in [6.45, 7) is 0. The van der Waals surface area contributed by atoms with Gasteiger partial charge in [0.1, 0.15) is 11.5 Å². The van der Waals surface area contributed by atoms with Crippen molar-refractivity contribution in [3.8, 4) is 11.3 Å². The third-order valence-electron chi connectivity index (χ3n) is 4.20. The van der Waals surface area contributed by atoms with Crippen molar-refractivity contribution in [2.75, 3.05) is 5.32 Å². The molecule has 0 saturated carbocycles. The van der Waals surface area contributed by atoms with Crippen molar-refractivity contribution < 1.29 is 14.0 Å². The molecule has 0 fully saturated rings. The van der Waals surface area contributed by atoms with Gasteiger partial charge in [0, 0.05) is 29.0 Å². The summed E-state index contributed by atoms with van der Waals surface area (Å²) in [5, 5.41) is 16.0. The summed E-state index contributed by atoms with van der Waals surface area (Å²) in [6, 6.07) is 6.02. The summed E-state index contributed by atoms with van der Waals surface area (Å²) in [6.07, 6.45) is 1.65. The molecule has 1 aliphatic rings. The van der Waals surface area contributed by atoms with Crippen molar-refractivity contribution >= 4 is 17.6 Å². The predicted molar refractivity (Wildman–Crippen MR) is 86.2 cm³/mol. The van der Waals surface area contributed by atoms with E-state index in [9.17, 15) is 14.0 Å². The highest BCUT2D eigenvalue weighted by Gasteiger charge is 2.35. The maximum Gasteiger partial charge on any atom is 0.267 e. The Labute approximate surface area is 140 Å². The zero-order chi connectivity index (χ0) is 17.6. The van der Waals surface area contributed by atoms with E-state index in [0.717, 1.165) is 0 Å². The van der Waals surface area contributed by atoms with Gasteiger partial charge in [-0.3, -0.25) is 19.8 Å². The van der Waals surface area contributed by atoms with Gasteiger partial charge < -0.3 is 11.1 Å². The predicted octanol–water partition coefficient (Wildman–Crippen LogP) is 1.51. The van der Waals surface area contributed by atoms with Gasteiger partial charge in [-0.15, -0.1) is 0 Å². The second-order valence-electron chi connectivity index (χ2n) is 5.74. The summed E-state index contributed by atoms with van der Waals surface area (Å²) < 4.78 is 13.6. The lowest BCUT2D eigenvalue weighted by atomic mass is 9.84. The largest absolute Gasteiger partial charge is 0.364 e. The van der Waals surface area contributed by atoms with E-state index in [1.54, 1.807) is 18.3 Å². The normalized spacial score (nSPS) is 16.4. The maximum atomic E-state index is 13.6. The van der Waals surface area contributed by atoms with Crippen LogP contribution in [0.3, 0.4) is 0 Å². The first kappa shape index (κ1) is 15.1. The van der Waals surface area contributed by atoms with Crippen LogP contribution in [-0.2, 0) is 4.79 Å². The van der Waals surface area contributed by atoms with E-state index in [2.05, 4.69) is 25.7 Å². The van der Waals surface area contributed by atoms with Gasteiger partial charge in [-0.25, -0.2) is 4.39 Å². The maximum absolute atomic E-state index is 13.6. The summed E-state index contributed by atoms with van der Waals surface area (Å²) in [7, 11) is 0. The first-order valence-corrected chi connectivity index (χ1v) is 7.51. The number of anilines is 1. The zero-order valence-corrected chi connectivity index (χ0v) is 12.8. The summed E-state index contributed by atoms with van der Waals surface area (Å²) in [5.74, 6) is -1.53. The number of aromatic amines is 2. The Kier molecular flexibility index (Phi) is 3.34. The number of aromatic nitrogens is 4. The van der Waals surface area contributed by atoms with Crippen molar-refractivity contribution in [3.63, 3.8) is 0 Å². The molecule has 0 saturated heterocycles. The summed E-state index contributed by atoms with van der Waals surface area (Å²) in [5.41, 5.74) is 7.86. The molecule has 25 heavy (non-hydrogen) atoms. The number of nitrogens with one attached hydrogen (secondary N) is 3. The smallest absolute Gasteiger partial charge is 0.267 e. The van der Waals surface area contributed by atoms with Crippen molar-refractivity contribution in [3.05, 3.63) is 53.1 Å². The molecule has 0 radical (unpaired) electrons. The number of hydrogen-bond donors (Lipinski definition) is 4. The number of halogens is 1. The van der Waals surface area contributed by atoms with Crippen LogP contribution in [0.25, 0.3) is 11.3 Å². The second kappa shape index (κ2) is 5.55. The van der Waals surface area contributed by atoms with Crippen LogP contribution in [0.15, 0.2) is 30.5 Å². The SMILES string of the molecule is NC(=O)c1[nH]nc2c1C(c1cn[nH]c1-c1cccc(F)c1)CC(=O)N2. The van der Waals surface area contributed by atoms with Gasteiger partial charge in [0.25, 0.3) is 5.91 Å². The van der Waals surface area contributed by atoms with Crippen molar-refractivity contribution in [1.82, 2.24) is 20.4 Å². The molecule has 1 unspecified atom stereocenters. The van der Waals surface area contributed by atoms with Gasteiger partial charge in [0.05, 0.1) is 11.9 Å². The highest BCUT2D eigenvalue weighted by molar-refractivity contribution is 6.00. The standard InChI is InChI=1S/C16H13FN6O2/c17-8-3-1-2-7(4-8)13-10(6-19-21-13)9-5-11(24)20-16-12(9)14(15(18)25)22-23-16/h1-4,6,9H,5H2,(H2,18,25)(H,19,21)(H2,20,22,23,24). The Hall–Kier alpha value is -3.49. The number of primary amides is 1. The van der Waals surface area contributed by atoms with Crippen molar-refractivity contribution in [2.24, 2.45) is 5.73 Å². The van der Waals surface area contributed by atoms with Crippen LogP contribution in [0.5, 0.6) is 0 Å². The van der Waals surface area contributed by atoms with Gasteiger partial charge >= 0.3 is 0 Å². The molecular weight excluding hydrogens is 327 g/mol. The highest BCUT2D eigenvalue weighted by Crippen LogP contribution is 2.41. The van der Waals surface area contributed by atoms with Crippen LogP contribution >= 0.6 is 0 Å². The van der Waals surface area contributed by atoms with Gasteiger partial charge in [-0.05, 0) is 12.1 Å². The van der Waals surface area contributed by atoms with Gasteiger partial charge in [0.15, 0.2) is 5.82 Å². The fourth-order valence-corrected chi connectivity index (χ4v) is 3.14. The lowest BCUT2D eigenvalue weighted by Gasteiger charge is -2.22. The minimum atomic E-state index is -0.675. The third kappa shape index (κ3) is 2.45. The topological polar surface area (TPSA) is 130 Å². The van der Waals surface area contributed by atoms with Gasteiger partial charge in [-0.2, -0.15) is 10.2 Å². The molecule has 5 N–H and O–H groups in total. The minimum absolute atomic E-state index is 0.0919. The second-order valence-corrected chi connectivity index (χ2v) is 5.74. The quantitative estimate of drug-likeness (QED) is 0.576. The van der Waals surface area contributed by atoms with E-state index in [1.165, 1.54) is 12.1 Å². The van der Waals surface area contributed by atoms with E-state index in [4.69, 9.17) is 5.73 Å². The molecular formula is C16H13FN6O2. The molecule has 1 aromatic carbocycles. The number of hydrogen-bond acceptors (Lipinski definition) is 4. The molecule has 0 bridgehead atoms. The Morgan fingerprint density at radius 3 is 2.92 bits per heavy atom. The van der Waals surface area contributed by atoms with E-state index < -0.39 is 11.8 Å². The van der Waals surface area contributed by atoms with Crippen LogP contribution in [0.2, 0.25) is 0 Å². The van der Waals surface area contributed by atoms with Crippen LogP contribution in [0.1, 0.15) is 34.0 Å². The van der Waals surface area contributed by atoms with Crippen LogP contribution in [0.4, 0.5) is 10.2 Å². The van der Waals surface area contributed by atoms with Gasteiger partial charge in [-0.1, -0.05) is 12.1 Å². The molecule has 4 rings (SSSR count). The Morgan fingerprint density at radius 1 is 1.32 bits per heavy atom. The molecule has 1 atom stereocenters. The lowest BCUT2D eigenvalue weighted by molar-refractivity contribution is -0.116. The van der Waals surface area contributed by atoms with E-state index in [0.29, 0.717) is 22.4 Å². The molecule has 3 aromatic rings. The summed E-state index contributed by atoms with van der Waals surface area (Å²) >= 11 is 0. The fourth-order valence-electron chi connectivity index (χ4n) is 3.14. The minimum Gasteiger partial charge on any atom is -0.364 e. The van der Waals surface area contributed by atoms with Crippen molar-refractivity contribution in [1.29, 1.82) is 0 Å². The molecule has 2 amide bonds. The van der Waals surface area contributed by atoms with E-state index in [-0.39, 0.29) is 29.7 Å². The number of fused-ring (bicyclic) bond motifs is 1. The number of carbonyl (C=O) groups excluding carboxylic acids is 2. The lowest BCUT2D eigenvalue weighted by Crippen LogP contribution is -2.25. The molecule has 3 heterocycles. The van der Waals surface area contributed by atoms with E-state index >= 15 is 0 Å². The fraction of sp³-hybridized carbons (Fsp3) is 0.125. The number of carbonyl (C=O) groups is 2. The number of nitrogens with two attached hydrogens (primary N) is 1. The Morgan fingerprint density at radius 2 is 2.16 bits per heavy atom. The molecule has 1 aliphatic heterocycles. The average Bonchev–Trinajstić information content (AvgIpc) is 3.20. The molecule has 0 aliphatic carbocycles. The number of benzene rings is 1. The van der Waals surface area contributed by atoms with Crippen LogP contribution in [-0.4, -0.2) is 32.2 Å². The molecule has 126 valence electrons. The zero-order valence-electron chi connectivity index (χ0n) is 12.8. The molecule has 2 aromatic heterocycles. The van der Waals surface area contributed by atoms with Gasteiger partial charge in [0.2, 0.25) is 5.91 Å². The highest BCUT2D eigenvalue weighted by atomic mass is 19.1. The Balaban J connectivity index is 1.87. The number of nitrogens with zero attached hydrogens (tertiary/aromatic N) is 2. The Bertz CT molecular complexity index is 992. The number of H-pyrrole nitrogens is 2. The van der Waals surface area contributed by atoms with Crippen LogP contribution in [0, 0.1) is 5.82 Å². The number of amides is 2. The average molecular weight is 340 g/mol. The first-order valence-electron chi connectivity index (χ1n) is 7.51. The number of rotatable bonds is 3. The first-order chi connectivity index (χ1) is 12.0. The molecule has 9 heteroatoms. The van der Waals surface area contributed by atoms with Crippen molar-refractivity contribution in [2.45, 2.75) is 12.3 Å². The third-order valence-corrected chi connectivity index (χ3v) is 4.20. The van der Waals surface area contributed by atoms with E-state index in [1.807, 2.05) is 0 Å². The molecule has 0 spiro atoms. The summed E-state index contributed by atoms with van der Waals surface area (Å²) in [4.78, 5) is 23.7.